The Labute approximate surface area is 115 Å². The van der Waals surface area contributed by atoms with Crippen LogP contribution in [-0.2, 0) is 6.54 Å². The van der Waals surface area contributed by atoms with Gasteiger partial charge < -0.3 is 14.8 Å². The number of hydrogen-bond donors (Lipinski definition) is 2. The van der Waals surface area contributed by atoms with Gasteiger partial charge in [0.15, 0.2) is 0 Å². The Morgan fingerprint density at radius 2 is 1.79 bits per heavy atom. The first-order valence-corrected chi connectivity index (χ1v) is 6.54. The molecular formula is C15H14ClNO2. The van der Waals surface area contributed by atoms with Crippen molar-refractivity contribution in [3.05, 3.63) is 47.5 Å². The molecule has 0 bridgehead atoms. The van der Waals surface area contributed by atoms with E-state index in [1.165, 1.54) is 0 Å². The Balaban J connectivity index is 2.32. The van der Waals surface area contributed by atoms with Crippen molar-refractivity contribution < 1.29 is 10.2 Å². The van der Waals surface area contributed by atoms with E-state index in [-0.39, 0.29) is 6.61 Å². The number of halogens is 1. The van der Waals surface area contributed by atoms with E-state index in [2.05, 4.69) is 0 Å². The van der Waals surface area contributed by atoms with Gasteiger partial charge in [0.1, 0.15) is 0 Å². The third kappa shape index (κ3) is 2.10. The summed E-state index contributed by atoms with van der Waals surface area (Å²) in [7, 11) is 0. The molecule has 0 saturated heterocycles. The van der Waals surface area contributed by atoms with E-state index in [0.717, 1.165) is 21.8 Å². The van der Waals surface area contributed by atoms with Crippen LogP contribution in [0.2, 0.25) is 5.02 Å². The highest BCUT2D eigenvalue weighted by molar-refractivity contribution is 6.31. The molecule has 2 N–H and O–H groups in total. The number of aliphatic hydroxyl groups excluding tert-OH is 2. The fourth-order valence-electron chi connectivity index (χ4n) is 2.49. The van der Waals surface area contributed by atoms with Gasteiger partial charge in [0.05, 0.1) is 19.3 Å². The van der Waals surface area contributed by atoms with Crippen LogP contribution in [0.25, 0.3) is 21.8 Å². The minimum absolute atomic E-state index is 0.248. The molecule has 0 fully saturated rings. The maximum absolute atomic E-state index is 9.71. The third-order valence-electron chi connectivity index (χ3n) is 3.34. The first-order chi connectivity index (χ1) is 9.20. The van der Waals surface area contributed by atoms with Crippen molar-refractivity contribution in [3.63, 3.8) is 0 Å². The number of rotatable bonds is 3. The number of nitrogens with zero attached hydrogens (tertiary/aromatic N) is 1. The lowest BCUT2D eigenvalue weighted by Gasteiger charge is -2.11. The van der Waals surface area contributed by atoms with Gasteiger partial charge in [-0.3, -0.25) is 0 Å². The Bertz CT molecular complexity index is 735. The summed E-state index contributed by atoms with van der Waals surface area (Å²) in [5.74, 6) is 0. The topological polar surface area (TPSA) is 45.4 Å². The van der Waals surface area contributed by atoms with Gasteiger partial charge in [0.25, 0.3) is 0 Å². The molecule has 0 saturated carbocycles. The van der Waals surface area contributed by atoms with Gasteiger partial charge in [-0.25, -0.2) is 0 Å². The first kappa shape index (κ1) is 12.5. The van der Waals surface area contributed by atoms with E-state index in [1.54, 1.807) is 0 Å². The van der Waals surface area contributed by atoms with Crippen molar-refractivity contribution >= 4 is 33.4 Å². The lowest BCUT2D eigenvalue weighted by atomic mass is 10.2. The molecule has 1 heterocycles. The third-order valence-corrected chi connectivity index (χ3v) is 3.57. The molecule has 0 spiro atoms. The largest absolute Gasteiger partial charge is 0.394 e. The molecule has 0 amide bonds. The van der Waals surface area contributed by atoms with Crippen LogP contribution in [0.1, 0.15) is 0 Å². The van der Waals surface area contributed by atoms with Crippen molar-refractivity contribution in [1.82, 2.24) is 4.57 Å². The van der Waals surface area contributed by atoms with E-state index < -0.39 is 6.10 Å². The summed E-state index contributed by atoms with van der Waals surface area (Å²) in [6, 6.07) is 13.7. The number of para-hydroxylation sites is 1. The second-order valence-electron chi connectivity index (χ2n) is 4.63. The van der Waals surface area contributed by atoms with Crippen LogP contribution >= 0.6 is 11.6 Å². The molecule has 3 rings (SSSR count). The standard InChI is InChI=1S/C15H14ClNO2/c16-10-5-6-15-13(7-10)12-3-1-2-4-14(12)17(15)8-11(19)9-18/h1-7,11,18-19H,8-9H2. The summed E-state index contributed by atoms with van der Waals surface area (Å²) in [4.78, 5) is 0. The van der Waals surface area contributed by atoms with Crippen molar-refractivity contribution in [3.8, 4) is 0 Å². The molecule has 2 aromatic carbocycles. The van der Waals surface area contributed by atoms with Crippen LogP contribution in [0.4, 0.5) is 0 Å². The quantitative estimate of drug-likeness (QED) is 0.772. The number of benzene rings is 2. The number of fused-ring (bicyclic) bond motifs is 3. The molecule has 0 aliphatic rings. The van der Waals surface area contributed by atoms with Crippen molar-refractivity contribution in [2.45, 2.75) is 12.6 Å². The molecule has 1 aromatic heterocycles. The van der Waals surface area contributed by atoms with E-state index in [0.29, 0.717) is 11.6 Å². The summed E-state index contributed by atoms with van der Waals surface area (Å²) in [5, 5.41) is 21.6. The molecule has 3 aromatic rings. The summed E-state index contributed by atoms with van der Waals surface area (Å²) < 4.78 is 2.02. The van der Waals surface area contributed by atoms with Gasteiger partial charge in [-0.05, 0) is 24.3 Å². The highest BCUT2D eigenvalue weighted by Crippen LogP contribution is 2.31. The zero-order valence-corrected chi connectivity index (χ0v) is 11.0. The van der Waals surface area contributed by atoms with Crippen LogP contribution in [-0.4, -0.2) is 27.5 Å². The molecule has 0 radical (unpaired) electrons. The van der Waals surface area contributed by atoms with Crippen molar-refractivity contribution in [2.24, 2.45) is 0 Å². The molecule has 98 valence electrons. The summed E-state index contributed by atoms with van der Waals surface area (Å²) in [6.07, 6.45) is -0.769. The normalized spacial score (nSPS) is 13.2. The second kappa shape index (κ2) is 4.85. The summed E-state index contributed by atoms with van der Waals surface area (Å²) in [5.41, 5.74) is 2.05. The van der Waals surface area contributed by atoms with Crippen LogP contribution in [0, 0.1) is 0 Å². The Morgan fingerprint density at radius 1 is 1.05 bits per heavy atom. The average molecular weight is 276 g/mol. The van der Waals surface area contributed by atoms with Gasteiger partial charge in [-0.15, -0.1) is 0 Å². The molecule has 1 atom stereocenters. The van der Waals surface area contributed by atoms with Crippen molar-refractivity contribution in [2.75, 3.05) is 6.61 Å². The van der Waals surface area contributed by atoms with Gasteiger partial charge in [0.2, 0.25) is 0 Å². The lowest BCUT2D eigenvalue weighted by Crippen LogP contribution is -2.19. The molecule has 0 aliphatic heterocycles. The zero-order chi connectivity index (χ0) is 13.4. The van der Waals surface area contributed by atoms with Gasteiger partial charge in [0, 0.05) is 26.8 Å². The molecule has 0 aliphatic carbocycles. The predicted octanol–water partition coefficient (Wildman–Crippen LogP) is 2.80. The Hall–Kier alpha value is -1.55. The Kier molecular flexibility index (Phi) is 3.19. The maximum atomic E-state index is 9.71. The van der Waals surface area contributed by atoms with E-state index in [1.807, 2.05) is 47.0 Å². The Morgan fingerprint density at radius 3 is 2.58 bits per heavy atom. The molecule has 3 nitrogen and oxygen atoms in total. The molecule has 1 unspecified atom stereocenters. The highest BCUT2D eigenvalue weighted by Gasteiger charge is 2.13. The van der Waals surface area contributed by atoms with E-state index in [9.17, 15) is 5.11 Å². The van der Waals surface area contributed by atoms with Gasteiger partial charge >= 0.3 is 0 Å². The SMILES string of the molecule is OCC(O)Cn1c2ccccc2c2cc(Cl)ccc21. The van der Waals surface area contributed by atoms with Crippen LogP contribution < -0.4 is 0 Å². The molecular weight excluding hydrogens is 262 g/mol. The number of hydrogen-bond acceptors (Lipinski definition) is 2. The summed E-state index contributed by atoms with van der Waals surface area (Å²) >= 11 is 6.06. The zero-order valence-electron chi connectivity index (χ0n) is 10.3. The van der Waals surface area contributed by atoms with Gasteiger partial charge in [-0.1, -0.05) is 29.8 Å². The van der Waals surface area contributed by atoms with Gasteiger partial charge in [-0.2, -0.15) is 0 Å². The molecule has 19 heavy (non-hydrogen) atoms. The average Bonchev–Trinajstić information content (AvgIpc) is 2.73. The van der Waals surface area contributed by atoms with E-state index >= 15 is 0 Å². The van der Waals surface area contributed by atoms with Crippen molar-refractivity contribution in [1.29, 1.82) is 0 Å². The fourth-order valence-corrected chi connectivity index (χ4v) is 2.66. The first-order valence-electron chi connectivity index (χ1n) is 6.16. The van der Waals surface area contributed by atoms with Crippen LogP contribution in [0.5, 0.6) is 0 Å². The van der Waals surface area contributed by atoms with E-state index in [4.69, 9.17) is 16.7 Å². The maximum Gasteiger partial charge on any atom is 0.0949 e. The number of aromatic nitrogens is 1. The fraction of sp³-hybridized carbons (Fsp3) is 0.200. The highest BCUT2D eigenvalue weighted by atomic mass is 35.5. The van der Waals surface area contributed by atoms with Crippen LogP contribution in [0.3, 0.4) is 0 Å². The minimum Gasteiger partial charge on any atom is -0.394 e. The smallest absolute Gasteiger partial charge is 0.0949 e. The monoisotopic (exact) mass is 275 g/mol. The lowest BCUT2D eigenvalue weighted by molar-refractivity contribution is 0.0831. The number of aliphatic hydroxyl groups is 2. The minimum atomic E-state index is -0.769. The second-order valence-corrected chi connectivity index (χ2v) is 5.06. The summed E-state index contributed by atoms with van der Waals surface area (Å²) in [6.45, 7) is 0.115. The predicted molar refractivity (Wildman–Crippen MR) is 77.5 cm³/mol. The van der Waals surface area contributed by atoms with Crippen LogP contribution in [0.15, 0.2) is 42.5 Å². The molecule has 4 heteroatoms.